The highest BCUT2D eigenvalue weighted by molar-refractivity contribution is 6.86. The Morgan fingerprint density at radius 1 is 1.00 bits per heavy atom. The molecule has 0 saturated carbocycles. The van der Waals surface area contributed by atoms with Crippen molar-refractivity contribution in [2.45, 2.75) is 65.1 Å². The maximum atomic E-state index is 12.2. The van der Waals surface area contributed by atoms with Gasteiger partial charge in [-0.15, -0.1) is 0 Å². The summed E-state index contributed by atoms with van der Waals surface area (Å²) in [6.45, 7) is 16.8. The molecule has 0 aromatic rings. The Balaban J connectivity index is 4.66. The number of alkyl halides is 1. The molecule has 0 bridgehead atoms. The summed E-state index contributed by atoms with van der Waals surface area (Å²) in [6, 6.07) is 0.907. The van der Waals surface area contributed by atoms with Crippen LogP contribution in [0.2, 0.25) is 45.3 Å². The van der Waals surface area contributed by atoms with Crippen LogP contribution < -0.4 is 0 Å². The van der Waals surface area contributed by atoms with E-state index < -0.39 is 31.4 Å². The van der Waals surface area contributed by atoms with E-state index in [1.807, 2.05) is 26.2 Å². The number of rotatable bonds is 10. The van der Waals surface area contributed by atoms with Gasteiger partial charge in [0, 0.05) is 5.57 Å². The highest BCUT2D eigenvalue weighted by Gasteiger charge is 2.42. The fourth-order valence-electron chi connectivity index (χ4n) is 2.31. The van der Waals surface area contributed by atoms with Crippen molar-refractivity contribution in [1.29, 1.82) is 0 Å². The number of hydrogen-bond acceptors (Lipinski definition) is 4. The zero-order chi connectivity index (χ0) is 17.6. The summed E-state index contributed by atoms with van der Waals surface area (Å²) in [5.41, 5.74) is 0.366. The zero-order valence-corrected chi connectivity index (χ0v) is 18.0. The van der Waals surface area contributed by atoms with Crippen molar-refractivity contribution in [2.75, 3.05) is 6.67 Å². The molecule has 0 heterocycles. The molecule has 4 nitrogen and oxygen atoms in total. The molecule has 0 aliphatic carbocycles. The van der Waals surface area contributed by atoms with Crippen LogP contribution in [0.3, 0.4) is 0 Å². The fraction of sp³-hybridized carbons (Fsp3) is 0.786. The van der Waals surface area contributed by atoms with E-state index in [4.69, 9.17) is 12.7 Å². The summed E-state index contributed by atoms with van der Waals surface area (Å²) in [7, 11) is -6.93. The molecule has 0 atom stereocenters. The van der Waals surface area contributed by atoms with E-state index in [2.05, 4.69) is 19.7 Å². The maximum Gasteiger partial charge on any atom is 0.386 e. The molecular weight excluding hydrogens is 335 g/mol. The van der Waals surface area contributed by atoms with Crippen LogP contribution in [0.15, 0.2) is 12.2 Å². The van der Waals surface area contributed by atoms with Crippen LogP contribution in [-0.2, 0) is 17.5 Å². The smallest absolute Gasteiger partial charge is 0.386 e. The summed E-state index contributed by atoms with van der Waals surface area (Å²) >= 11 is 0. The molecule has 0 amide bonds. The number of halogens is 1. The van der Waals surface area contributed by atoms with E-state index in [1.165, 1.54) is 0 Å². The third-order valence-corrected chi connectivity index (χ3v) is 13.2. The van der Waals surface area contributed by atoms with E-state index in [1.54, 1.807) is 6.92 Å². The zero-order valence-electron chi connectivity index (χ0n) is 15.0. The van der Waals surface area contributed by atoms with Gasteiger partial charge in [-0.2, -0.15) is 0 Å². The molecule has 0 rings (SSSR count). The van der Waals surface area contributed by atoms with Crippen molar-refractivity contribution in [3.8, 4) is 0 Å². The minimum absolute atomic E-state index is 0.279. The Morgan fingerprint density at radius 3 is 2.00 bits per heavy atom. The minimum atomic E-state index is -2.61. The predicted molar refractivity (Wildman–Crippen MR) is 95.5 cm³/mol. The summed E-state index contributed by atoms with van der Waals surface area (Å²) < 4.78 is 30.1. The molecule has 0 aliphatic heterocycles. The van der Waals surface area contributed by atoms with Crippen molar-refractivity contribution in [1.82, 2.24) is 0 Å². The van der Waals surface area contributed by atoms with Gasteiger partial charge in [0.05, 0.1) is 6.67 Å². The van der Waals surface area contributed by atoms with E-state index in [9.17, 15) is 9.18 Å². The topological polar surface area (TPSA) is 44.8 Å². The molecule has 0 aliphatic rings. The monoisotopic (exact) mass is 366 g/mol. The van der Waals surface area contributed by atoms with E-state index in [-0.39, 0.29) is 6.67 Å². The Morgan fingerprint density at radius 2 is 1.55 bits per heavy atom. The second kappa shape index (κ2) is 8.53. The van der Waals surface area contributed by atoms with Crippen LogP contribution in [0.5, 0.6) is 0 Å². The molecule has 0 aromatic heterocycles. The molecule has 0 radical (unpaired) electrons. The molecule has 0 saturated heterocycles. The highest BCUT2D eigenvalue weighted by Crippen LogP contribution is 2.25. The first-order valence-corrected chi connectivity index (χ1v) is 16.4. The summed E-state index contributed by atoms with van der Waals surface area (Å²) in [5, 5.41) is 0. The van der Waals surface area contributed by atoms with Crippen LogP contribution in [0.1, 0.15) is 19.8 Å². The Bertz CT molecular complexity index is 398. The summed E-state index contributed by atoms with van der Waals surface area (Å²) in [4.78, 5) is 11.7. The minimum Gasteiger partial charge on any atom is -0.492 e. The van der Waals surface area contributed by atoms with Crippen LogP contribution in [-0.4, -0.2) is 38.1 Å². The quantitative estimate of drug-likeness (QED) is 0.324. The third-order valence-electron chi connectivity index (χ3n) is 2.86. The lowest BCUT2D eigenvalue weighted by atomic mass is 10.4. The SMILES string of the molecule is C=C(C)C(=O)O[Si](C)(C)O[Si](C)(C)O[Si](C)(C)CCCCF. The van der Waals surface area contributed by atoms with E-state index in [0.717, 1.165) is 12.5 Å². The standard InChI is InChI=1S/C14H31FO4Si3/c1-13(2)14(16)17-21(5,6)19-22(7,8)18-20(3,4)12-10-9-11-15/h1,9-12H2,2-8H3. The number of carbonyl (C=O) groups is 1. The van der Waals surface area contributed by atoms with Crippen molar-refractivity contribution in [3.63, 3.8) is 0 Å². The second-order valence-corrected chi connectivity index (χ2v) is 18.5. The lowest BCUT2D eigenvalue weighted by molar-refractivity contribution is -0.131. The molecule has 0 spiro atoms. The molecule has 0 unspecified atom stereocenters. The van der Waals surface area contributed by atoms with Gasteiger partial charge in [0.25, 0.3) is 0 Å². The summed E-state index contributed by atoms with van der Waals surface area (Å²) in [5.74, 6) is -0.416. The van der Waals surface area contributed by atoms with Crippen molar-refractivity contribution >= 4 is 31.4 Å². The van der Waals surface area contributed by atoms with Crippen LogP contribution in [0, 0.1) is 0 Å². The molecule has 0 N–H and O–H groups in total. The molecular formula is C14H31FO4Si3. The van der Waals surface area contributed by atoms with Gasteiger partial charge >= 0.3 is 23.1 Å². The highest BCUT2D eigenvalue weighted by atomic mass is 28.5. The first kappa shape index (κ1) is 21.7. The second-order valence-electron chi connectivity index (χ2n) is 7.08. The first-order valence-electron chi connectivity index (χ1n) is 7.65. The van der Waals surface area contributed by atoms with Gasteiger partial charge in [0.15, 0.2) is 8.32 Å². The molecule has 8 heteroatoms. The number of unbranched alkanes of at least 4 members (excludes halogenated alkanes) is 1. The normalized spacial score (nSPS) is 13.1. The van der Waals surface area contributed by atoms with Gasteiger partial charge in [-0.3, -0.25) is 4.39 Å². The first-order chi connectivity index (χ1) is 9.80. The van der Waals surface area contributed by atoms with Gasteiger partial charge in [-0.25, -0.2) is 4.79 Å². The fourth-order valence-corrected chi connectivity index (χ4v) is 15.2. The number of hydrogen-bond donors (Lipinski definition) is 0. The van der Waals surface area contributed by atoms with Crippen LogP contribution >= 0.6 is 0 Å². The lowest BCUT2D eigenvalue weighted by Gasteiger charge is -2.37. The van der Waals surface area contributed by atoms with Crippen molar-refractivity contribution in [3.05, 3.63) is 12.2 Å². The van der Waals surface area contributed by atoms with Gasteiger partial charge in [0.1, 0.15) is 0 Å². The van der Waals surface area contributed by atoms with Gasteiger partial charge in [-0.1, -0.05) is 13.0 Å². The van der Waals surface area contributed by atoms with Crippen molar-refractivity contribution in [2.24, 2.45) is 0 Å². The molecule has 0 fully saturated rings. The summed E-state index contributed by atoms with van der Waals surface area (Å²) in [6.07, 6.45) is 1.42. The Hall–Kier alpha value is -0.289. The average Bonchev–Trinajstić information content (AvgIpc) is 2.24. The van der Waals surface area contributed by atoms with Crippen LogP contribution in [0.4, 0.5) is 4.39 Å². The molecule has 22 heavy (non-hydrogen) atoms. The predicted octanol–water partition coefficient (Wildman–Crippen LogP) is 4.50. The lowest BCUT2D eigenvalue weighted by Crippen LogP contribution is -2.54. The average molecular weight is 367 g/mol. The Labute approximate surface area is 137 Å². The van der Waals surface area contributed by atoms with Crippen LogP contribution in [0.25, 0.3) is 0 Å². The Kier molecular flexibility index (Phi) is 8.42. The van der Waals surface area contributed by atoms with E-state index >= 15 is 0 Å². The maximum absolute atomic E-state index is 12.2. The largest absolute Gasteiger partial charge is 0.492 e. The van der Waals surface area contributed by atoms with E-state index in [0.29, 0.717) is 12.0 Å². The third kappa shape index (κ3) is 9.67. The van der Waals surface area contributed by atoms with Gasteiger partial charge in [0.2, 0.25) is 0 Å². The van der Waals surface area contributed by atoms with Crippen molar-refractivity contribution < 1.29 is 21.8 Å². The van der Waals surface area contributed by atoms with Gasteiger partial charge < -0.3 is 12.7 Å². The molecule has 0 aromatic carbocycles. The van der Waals surface area contributed by atoms with Gasteiger partial charge in [-0.05, 0) is 58.7 Å². The molecule has 130 valence electrons. The number of carbonyl (C=O) groups excluding carboxylic acids is 1.